The summed E-state index contributed by atoms with van der Waals surface area (Å²) >= 11 is 1.67. The summed E-state index contributed by atoms with van der Waals surface area (Å²) in [5.74, 6) is 0.683. The highest BCUT2D eigenvalue weighted by Gasteiger charge is 2.12. The number of aliphatic hydroxyl groups excluding tert-OH is 1. The maximum Gasteiger partial charge on any atom is 0.261 e. The number of aliphatic hydroxyl groups is 1. The molecule has 0 fully saturated rings. The number of nitrogens with one attached hydrogen (secondary N) is 1. The predicted molar refractivity (Wildman–Crippen MR) is 101 cm³/mol. The predicted octanol–water partition coefficient (Wildman–Crippen LogP) is 0.664. The number of carbonyl (C=O) groups excluding carboxylic acids is 1. The minimum atomic E-state index is -0.249. The van der Waals surface area contributed by atoms with Crippen LogP contribution in [0.5, 0.6) is 0 Å². The van der Waals surface area contributed by atoms with Gasteiger partial charge in [-0.25, -0.2) is 9.50 Å². The third-order valence-electron chi connectivity index (χ3n) is 4.19. The van der Waals surface area contributed by atoms with E-state index in [-0.39, 0.29) is 37.1 Å². The molecule has 9 heteroatoms. The maximum atomic E-state index is 12.6. The second kappa shape index (κ2) is 8.33. The SMILES string of the molecule is CSCC[C@@H](CO)NC(=O)CCn1ccc2c(cnc3ccnn32)c1=O. The Morgan fingerprint density at radius 1 is 1.42 bits per heavy atom. The van der Waals surface area contributed by atoms with Crippen molar-refractivity contribution >= 4 is 34.2 Å². The van der Waals surface area contributed by atoms with Crippen molar-refractivity contribution in [1.29, 1.82) is 0 Å². The third kappa shape index (κ3) is 3.88. The molecule has 0 aliphatic heterocycles. The van der Waals surface area contributed by atoms with Gasteiger partial charge in [0.05, 0.1) is 29.7 Å². The van der Waals surface area contributed by atoms with E-state index in [1.165, 1.54) is 10.8 Å². The fourth-order valence-corrected chi connectivity index (χ4v) is 3.29. The topological polar surface area (TPSA) is 102 Å². The van der Waals surface area contributed by atoms with Crippen molar-refractivity contribution in [2.45, 2.75) is 25.4 Å². The van der Waals surface area contributed by atoms with Crippen molar-refractivity contribution in [3.05, 3.63) is 41.1 Å². The van der Waals surface area contributed by atoms with Gasteiger partial charge in [-0.15, -0.1) is 0 Å². The summed E-state index contributed by atoms with van der Waals surface area (Å²) < 4.78 is 3.11. The number of aryl methyl sites for hydroxylation is 1. The normalized spacial score (nSPS) is 12.5. The quantitative estimate of drug-likeness (QED) is 0.600. The molecule has 1 atom stereocenters. The molecule has 1 amide bonds. The van der Waals surface area contributed by atoms with Crippen LogP contribution in [0.1, 0.15) is 12.8 Å². The zero-order chi connectivity index (χ0) is 18.5. The minimum absolute atomic E-state index is 0.0895. The first-order valence-corrected chi connectivity index (χ1v) is 9.74. The molecule has 8 nitrogen and oxygen atoms in total. The summed E-state index contributed by atoms with van der Waals surface area (Å²) in [6.07, 6.45) is 7.69. The Morgan fingerprint density at radius 2 is 2.27 bits per heavy atom. The molecule has 0 saturated carbocycles. The van der Waals surface area contributed by atoms with E-state index in [1.54, 1.807) is 40.8 Å². The number of aromatic nitrogens is 4. The van der Waals surface area contributed by atoms with Gasteiger partial charge in [0.2, 0.25) is 5.91 Å². The molecular weight excluding hydrogens is 354 g/mol. The molecular formula is C17H21N5O3S. The van der Waals surface area contributed by atoms with Crippen LogP contribution in [0.15, 0.2) is 35.5 Å². The Labute approximate surface area is 154 Å². The highest BCUT2D eigenvalue weighted by molar-refractivity contribution is 7.98. The number of fused-ring (bicyclic) bond motifs is 3. The van der Waals surface area contributed by atoms with E-state index in [9.17, 15) is 14.7 Å². The Balaban J connectivity index is 1.71. The van der Waals surface area contributed by atoms with Crippen molar-refractivity contribution in [3.8, 4) is 0 Å². The summed E-state index contributed by atoms with van der Waals surface area (Å²) in [5.41, 5.74) is 1.15. The first kappa shape index (κ1) is 18.4. The average molecular weight is 375 g/mol. The lowest BCUT2D eigenvalue weighted by atomic mass is 10.2. The molecule has 2 N–H and O–H groups in total. The smallest absolute Gasteiger partial charge is 0.261 e. The molecule has 0 bridgehead atoms. The van der Waals surface area contributed by atoms with Gasteiger partial charge in [-0.1, -0.05) is 0 Å². The first-order valence-electron chi connectivity index (χ1n) is 8.35. The van der Waals surface area contributed by atoms with Gasteiger partial charge in [-0.05, 0) is 24.5 Å². The summed E-state index contributed by atoms with van der Waals surface area (Å²) in [4.78, 5) is 29.0. The molecule has 3 aromatic heterocycles. The van der Waals surface area contributed by atoms with E-state index in [0.717, 1.165) is 5.75 Å². The standard InChI is InChI=1S/C17H21N5O3S/c1-26-9-5-12(11-23)20-16(24)4-8-21-7-3-14-13(17(21)25)10-18-15-2-6-19-22(14)15/h2-3,6-7,10,12,23H,4-5,8-9,11H2,1H3,(H,20,24)/t12-/m0/s1. The second-order valence-electron chi connectivity index (χ2n) is 5.95. The largest absolute Gasteiger partial charge is 0.394 e. The molecule has 26 heavy (non-hydrogen) atoms. The van der Waals surface area contributed by atoms with Crippen LogP contribution in [-0.2, 0) is 11.3 Å². The van der Waals surface area contributed by atoms with Crippen LogP contribution >= 0.6 is 11.8 Å². The van der Waals surface area contributed by atoms with Crippen molar-refractivity contribution in [2.24, 2.45) is 0 Å². The van der Waals surface area contributed by atoms with Gasteiger partial charge >= 0.3 is 0 Å². The second-order valence-corrected chi connectivity index (χ2v) is 6.94. The highest BCUT2D eigenvalue weighted by Crippen LogP contribution is 2.10. The van der Waals surface area contributed by atoms with Gasteiger partial charge in [-0.3, -0.25) is 9.59 Å². The molecule has 138 valence electrons. The Hall–Kier alpha value is -2.39. The van der Waals surface area contributed by atoms with E-state index in [2.05, 4.69) is 15.4 Å². The lowest BCUT2D eigenvalue weighted by Crippen LogP contribution is -2.38. The van der Waals surface area contributed by atoms with Crippen LogP contribution in [0.2, 0.25) is 0 Å². The molecule has 0 spiro atoms. The van der Waals surface area contributed by atoms with Gasteiger partial charge in [0.15, 0.2) is 5.65 Å². The summed E-state index contributed by atoms with van der Waals surface area (Å²) in [5, 5.41) is 16.8. The average Bonchev–Trinajstić information content (AvgIpc) is 3.13. The summed E-state index contributed by atoms with van der Waals surface area (Å²) in [6, 6.07) is 3.32. The highest BCUT2D eigenvalue weighted by atomic mass is 32.2. The van der Waals surface area contributed by atoms with Crippen LogP contribution < -0.4 is 10.9 Å². The van der Waals surface area contributed by atoms with Crippen LogP contribution in [0.25, 0.3) is 16.6 Å². The monoisotopic (exact) mass is 375 g/mol. The van der Waals surface area contributed by atoms with Gasteiger partial charge < -0.3 is 15.0 Å². The lowest BCUT2D eigenvalue weighted by Gasteiger charge is -2.16. The number of hydrogen-bond acceptors (Lipinski definition) is 6. The van der Waals surface area contributed by atoms with Crippen LogP contribution in [0.4, 0.5) is 0 Å². The van der Waals surface area contributed by atoms with Gasteiger partial charge in [0.25, 0.3) is 5.56 Å². The zero-order valence-corrected chi connectivity index (χ0v) is 15.3. The molecule has 0 aliphatic rings. The number of hydrogen-bond donors (Lipinski definition) is 2. The van der Waals surface area contributed by atoms with Gasteiger partial charge in [0.1, 0.15) is 0 Å². The molecule has 0 unspecified atom stereocenters. The van der Waals surface area contributed by atoms with E-state index in [4.69, 9.17) is 0 Å². The van der Waals surface area contributed by atoms with Crippen LogP contribution in [0.3, 0.4) is 0 Å². The molecule has 0 saturated heterocycles. The Bertz CT molecular complexity index is 968. The Kier molecular flexibility index (Phi) is 5.89. The molecule has 0 aromatic carbocycles. The molecule has 3 heterocycles. The Morgan fingerprint density at radius 3 is 3.04 bits per heavy atom. The molecule has 0 aliphatic carbocycles. The molecule has 3 rings (SSSR count). The zero-order valence-electron chi connectivity index (χ0n) is 14.5. The number of pyridine rings is 1. The lowest BCUT2D eigenvalue weighted by molar-refractivity contribution is -0.122. The van der Waals surface area contributed by atoms with Crippen molar-refractivity contribution in [1.82, 2.24) is 24.5 Å². The first-order chi connectivity index (χ1) is 12.6. The molecule has 0 radical (unpaired) electrons. The van der Waals surface area contributed by atoms with Crippen LogP contribution in [0, 0.1) is 0 Å². The minimum Gasteiger partial charge on any atom is -0.394 e. The van der Waals surface area contributed by atoms with E-state index in [1.807, 2.05) is 6.26 Å². The number of thioether (sulfide) groups is 1. The third-order valence-corrected chi connectivity index (χ3v) is 4.84. The van der Waals surface area contributed by atoms with Crippen molar-refractivity contribution < 1.29 is 9.90 Å². The van der Waals surface area contributed by atoms with E-state index in [0.29, 0.717) is 23.0 Å². The number of nitrogens with zero attached hydrogens (tertiary/aromatic N) is 4. The van der Waals surface area contributed by atoms with Gasteiger partial charge in [-0.2, -0.15) is 16.9 Å². The fraction of sp³-hybridized carbons (Fsp3) is 0.412. The van der Waals surface area contributed by atoms with E-state index < -0.39 is 0 Å². The van der Waals surface area contributed by atoms with Crippen molar-refractivity contribution in [2.75, 3.05) is 18.6 Å². The number of rotatable bonds is 8. The summed E-state index contributed by atoms with van der Waals surface area (Å²) in [6.45, 7) is 0.173. The number of carbonyl (C=O) groups is 1. The fourth-order valence-electron chi connectivity index (χ4n) is 2.77. The van der Waals surface area contributed by atoms with Gasteiger partial charge in [0, 0.05) is 31.4 Å². The van der Waals surface area contributed by atoms with Crippen molar-refractivity contribution in [3.63, 3.8) is 0 Å². The number of amides is 1. The summed E-state index contributed by atoms with van der Waals surface area (Å²) in [7, 11) is 0. The maximum absolute atomic E-state index is 12.6. The van der Waals surface area contributed by atoms with Crippen LogP contribution in [-0.4, -0.2) is 54.8 Å². The molecule has 3 aromatic rings. The van der Waals surface area contributed by atoms with E-state index >= 15 is 0 Å².